The van der Waals surface area contributed by atoms with Crippen molar-refractivity contribution in [2.75, 3.05) is 20.2 Å². The number of halogens is 1. The third kappa shape index (κ3) is 5.11. The van der Waals surface area contributed by atoms with E-state index in [9.17, 15) is 4.79 Å². The molecule has 3 N–H and O–H groups in total. The van der Waals surface area contributed by atoms with Crippen LogP contribution in [-0.4, -0.2) is 37.0 Å². The number of nitrogens with one attached hydrogen (secondary N) is 1. The van der Waals surface area contributed by atoms with Gasteiger partial charge in [0, 0.05) is 19.5 Å². The summed E-state index contributed by atoms with van der Waals surface area (Å²) >= 11 is 0. The average molecular weight is 328 g/mol. The van der Waals surface area contributed by atoms with Gasteiger partial charge in [-0.05, 0) is 43.0 Å². The summed E-state index contributed by atoms with van der Waals surface area (Å²) in [5.74, 6) is 1.44. The number of nitrogens with zero attached hydrogens (tertiary/aromatic N) is 1. The van der Waals surface area contributed by atoms with Gasteiger partial charge in [0.15, 0.2) is 5.96 Å². The minimum Gasteiger partial charge on any atom is -0.497 e. The van der Waals surface area contributed by atoms with Crippen molar-refractivity contribution in [3.05, 3.63) is 24.3 Å². The molecule has 0 bridgehead atoms. The molecule has 0 aliphatic carbocycles. The predicted molar refractivity (Wildman–Crippen MR) is 86.7 cm³/mol. The summed E-state index contributed by atoms with van der Waals surface area (Å²) in [6.45, 7) is 1.46. The van der Waals surface area contributed by atoms with Crippen molar-refractivity contribution in [2.45, 2.75) is 19.3 Å². The second kappa shape index (κ2) is 8.48. The number of benzene rings is 1. The quantitative estimate of drug-likeness (QED) is 0.382. The van der Waals surface area contributed by atoms with Gasteiger partial charge in [-0.15, -0.1) is 12.4 Å². The van der Waals surface area contributed by atoms with Gasteiger partial charge in [0.1, 0.15) is 11.5 Å². The third-order valence-electron chi connectivity index (χ3n) is 3.70. The number of hydrogen-bond acceptors (Lipinski definition) is 4. The fourth-order valence-electron chi connectivity index (χ4n) is 2.43. The monoisotopic (exact) mass is 327 g/mol. The zero-order valence-electron chi connectivity index (χ0n) is 12.6. The first-order valence-corrected chi connectivity index (χ1v) is 7.02. The van der Waals surface area contributed by atoms with Crippen LogP contribution in [0.1, 0.15) is 19.3 Å². The van der Waals surface area contributed by atoms with Crippen LogP contribution in [0.3, 0.4) is 0 Å². The summed E-state index contributed by atoms with van der Waals surface area (Å²) in [6.07, 6.45) is 2.12. The molecule has 1 aliphatic heterocycles. The Balaban J connectivity index is 0.00000242. The molecule has 1 aromatic carbocycles. The maximum Gasteiger partial charge on any atom is 0.311 e. The van der Waals surface area contributed by atoms with Gasteiger partial charge in [0.05, 0.1) is 7.11 Å². The Bertz CT molecular complexity index is 499. The molecule has 1 aromatic rings. The maximum absolute atomic E-state index is 11.9. The van der Waals surface area contributed by atoms with Gasteiger partial charge in [-0.1, -0.05) is 0 Å². The first-order chi connectivity index (χ1) is 10.1. The topological polar surface area (TPSA) is 88.6 Å². The summed E-state index contributed by atoms with van der Waals surface area (Å²) < 4.78 is 10.4. The first kappa shape index (κ1) is 18.1. The first-order valence-electron chi connectivity index (χ1n) is 7.02. The lowest BCUT2D eigenvalue weighted by Gasteiger charge is -2.31. The Morgan fingerprint density at radius 2 is 1.82 bits per heavy atom. The van der Waals surface area contributed by atoms with Gasteiger partial charge in [0.2, 0.25) is 0 Å². The number of guanidine groups is 1. The van der Waals surface area contributed by atoms with Crippen LogP contribution in [0.2, 0.25) is 0 Å². The highest BCUT2D eigenvalue weighted by Gasteiger charge is 2.22. The molecule has 2 rings (SSSR count). The van der Waals surface area contributed by atoms with Crippen LogP contribution >= 0.6 is 12.4 Å². The van der Waals surface area contributed by atoms with E-state index in [0.29, 0.717) is 18.1 Å². The SMILES string of the molecule is COc1ccc(OC(=O)CC2CCN(C(=N)N)CC2)cc1.Cl. The summed E-state index contributed by atoms with van der Waals surface area (Å²) in [7, 11) is 1.59. The van der Waals surface area contributed by atoms with Crippen molar-refractivity contribution in [1.29, 1.82) is 5.41 Å². The van der Waals surface area contributed by atoms with Gasteiger partial charge in [-0.3, -0.25) is 10.2 Å². The molecule has 0 amide bonds. The molecule has 22 heavy (non-hydrogen) atoms. The highest BCUT2D eigenvalue weighted by atomic mass is 35.5. The molecular weight excluding hydrogens is 306 g/mol. The number of piperidine rings is 1. The van der Waals surface area contributed by atoms with Crippen LogP contribution in [0, 0.1) is 11.3 Å². The Hall–Kier alpha value is -1.95. The van der Waals surface area contributed by atoms with Crippen molar-refractivity contribution >= 4 is 24.3 Å². The molecular formula is C15H22ClN3O3. The Kier molecular flexibility index (Phi) is 6.98. The molecule has 0 radical (unpaired) electrons. The number of likely N-dealkylation sites (tertiary alicyclic amines) is 1. The molecule has 122 valence electrons. The second-order valence-corrected chi connectivity index (χ2v) is 5.17. The average Bonchev–Trinajstić information content (AvgIpc) is 2.48. The van der Waals surface area contributed by atoms with Crippen LogP contribution in [0.25, 0.3) is 0 Å². The van der Waals surface area contributed by atoms with Gasteiger partial charge < -0.3 is 20.1 Å². The summed E-state index contributed by atoms with van der Waals surface area (Å²) in [6, 6.07) is 6.95. The van der Waals surface area contributed by atoms with Gasteiger partial charge in [-0.25, -0.2) is 0 Å². The largest absolute Gasteiger partial charge is 0.497 e. The smallest absolute Gasteiger partial charge is 0.311 e. The van der Waals surface area contributed by atoms with Gasteiger partial charge in [-0.2, -0.15) is 0 Å². The molecule has 1 aliphatic rings. The fourth-order valence-corrected chi connectivity index (χ4v) is 2.43. The molecule has 0 atom stereocenters. The molecule has 7 heteroatoms. The summed E-state index contributed by atoms with van der Waals surface area (Å²) in [4.78, 5) is 13.7. The molecule has 0 saturated carbocycles. The Morgan fingerprint density at radius 3 is 2.32 bits per heavy atom. The van der Waals surface area contributed by atoms with Crippen LogP contribution in [-0.2, 0) is 4.79 Å². The molecule has 1 saturated heterocycles. The van der Waals surface area contributed by atoms with E-state index in [1.54, 1.807) is 31.4 Å². The van der Waals surface area contributed by atoms with Crippen molar-refractivity contribution in [3.8, 4) is 11.5 Å². The number of esters is 1. The second-order valence-electron chi connectivity index (χ2n) is 5.17. The van der Waals surface area contributed by atoms with E-state index < -0.39 is 0 Å². The lowest BCUT2D eigenvalue weighted by molar-refractivity contribution is -0.135. The highest BCUT2D eigenvalue weighted by Crippen LogP contribution is 2.22. The molecule has 0 spiro atoms. The minimum atomic E-state index is -0.221. The van der Waals surface area contributed by atoms with E-state index in [2.05, 4.69) is 0 Å². The number of carbonyl (C=O) groups excluding carboxylic acids is 1. The van der Waals surface area contributed by atoms with E-state index in [4.69, 9.17) is 20.6 Å². The number of methoxy groups -OCH3 is 1. The van der Waals surface area contributed by atoms with Crippen molar-refractivity contribution in [2.24, 2.45) is 11.7 Å². The maximum atomic E-state index is 11.9. The molecule has 6 nitrogen and oxygen atoms in total. The standard InChI is InChI=1S/C15H21N3O3.ClH/c1-20-12-2-4-13(5-3-12)21-14(19)10-11-6-8-18(9-7-11)15(16)17;/h2-5,11H,6-10H2,1H3,(H3,16,17);1H. The van der Waals surface area contributed by atoms with Gasteiger partial charge >= 0.3 is 5.97 Å². The zero-order chi connectivity index (χ0) is 15.2. The van der Waals surface area contributed by atoms with E-state index in [1.165, 1.54) is 0 Å². The predicted octanol–water partition coefficient (Wildman–Crippen LogP) is 2.02. The normalized spacial score (nSPS) is 14.9. The van der Waals surface area contributed by atoms with Gasteiger partial charge in [0.25, 0.3) is 0 Å². The van der Waals surface area contributed by atoms with Crippen LogP contribution < -0.4 is 15.2 Å². The molecule has 0 aromatic heterocycles. The van der Waals surface area contributed by atoms with Crippen LogP contribution in [0.15, 0.2) is 24.3 Å². The number of ether oxygens (including phenoxy) is 2. The van der Waals surface area contributed by atoms with Crippen molar-refractivity contribution < 1.29 is 14.3 Å². The van der Waals surface area contributed by atoms with E-state index in [0.717, 1.165) is 31.7 Å². The van der Waals surface area contributed by atoms with E-state index in [-0.39, 0.29) is 24.3 Å². The zero-order valence-corrected chi connectivity index (χ0v) is 13.4. The van der Waals surface area contributed by atoms with E-state index >= 15 is 0 Å². The molecule has 0 unspecified atom stereocenters. The number of carbonyl (C=O) groups is 1. The number of hydrogen-bond donors (Lipinski definition) is 2. The summed E-state index contributed by atoms with van der Waals surface area (Å²) in [5, 5.41) is 7.38. The third-order valence-corrected chi connectivity index (χ3v) is 3.70. The van der Waals surface area contributed by atoms with Crippen LogP contribution in [0.5, 0.6) is 11.5 Å². The highest BCUT2D eigenvalue weighted by molar-refractivity contribution is 5.85. The van der Waals surface area contributed by atoms with Crippen molar-refractivity contribution in [3.63, 3.8) is 0 Å². The number of rotatable bonds is 4. The molecule has 1 heterocycles. The Morgan fingerprint density at radius 1 is 1.27 bits per heavy atom. The lowest BCUT2D eigenvalue weighted by atomic mass is 9.94. The Labute approximate surface area is 136 Å². The van der Waals surface area contributed by atoms with E-state index in [1.807, 2.05) is 4.90 Å². The fraction of sp³-hybridized carbons (Fsp3) is 0.467. The number of nitrogens with two attached hydrogens (primary N) is 1. The lowest BCUT2D eigenvalue weighted by Crippen LogP contribution is -2.42. The minimum absolute atomic E-state index is 0. The summed E-state index contributed by atoms with van der Waals surface area (Å²) in [5.41, 5.74) is 5.45. The van der Waals surface area contributed by atoms with Crippen molar-refractivity contribution in [1.82, 2.24) is 4.90 Å². The van der Waals surface area contributed by atoms with Crippen LogP contribution in [0.4, 0.5) is 0 Å². The molecule has 1 fully saturated rings.